The van der Waals surface area contributed by atoms with Crippen LogP contribution in [0.5, 0.6) is 0 Å². The number of tetrazole rings is 1. The third-order valence-electron chi connectivity index (χ3n) is 4.93. The van der Waals surface area contributed by atoms with Crippen molar-refractivity contribution in [2.24, 2.45) is 0 Å². The van der Waals surface area contributed by atoms with Gasteiger partial charge in [-0.05, 0) is 5.21 Å². The SMILES string of the molecule is CCCCCCCC(C)([B]c1nnn(CC(=O)O)n1)CCCCCCC. The van der Waals surface area contributed by atoms with E-state index in [0.717, 1.165) is 17.6 Å². The van der Waals surface area contributed by atoms with Crippen LogP contribution in [0.4, 0.5) is 0 Å². The van der Waals surface area contributed by atoms with Crippen LogP contribution in [0.25, 0.3) is 0 Å². The summed E-state index contributed by atoms with van der Waals surface area (Å²) in [5, 5.41) is 21.0. The molecule has 0 aliphatic carbocycles. The number of carboxylic acid groups (broad SMARTS) is 1. The fourth-order valence-corrected chi connectivity index (χ4v) is 3.35. The Balaban J connectivity index is 2.56. The van der Waals surface area contributed by atoms with E-state index in [1.807, 2.05) is 0 Å². The molecule has 1 aromatic heterocycles. The standard InChI is InChI=1S/C19H36BN4O2/c1-4-6-8-10-12-14-19(3,15-13-11-9-7-5-2)20-18-21-23-24(22-18)16-17(25)26/h4-16H2,1-3H3,(H,25,26). The van der Waals surface area contributed by atoms with Crippen molar-refractivity contribution in [1.29, 1.82) is 0 Å². The summed E-state index contributed by atoms with van der Waals surface area (Å²) in [5.41, 5.74) is 0.552. The van der Waals surface area contributed by atoms with Crippen LogP contribution in [0.1, 0.15) is 97.8 Å². The lowest BCUT2D eigenvalue weighted by atomic mass is 9.49. The van der Waals surface area contributed by atoms with Gasteiger partial charge >= 0.3 is 5.97 Å². The maximum absolute atomic E-state index is 10.8. The smallest absolute Gasteiger partial charge is 0.327 e. The molecular formula is C19H36BN4O2. The van der Waals surface area contributed by atoms with E-state index in [1.165, 1.54) is 64.2 Å². The van der Waals surface area contributed by atoms with Gasteiger partial charge in [-0.1, -0.05) is 103 Å². The number of rotatable bonds is 16. The summed E-state index contributed by atoms with van der Waals surface area (Å²) in [7, 11) is 2.11. The summed E-state index contributed by atoms with van der Waals surface area (Å²) in [6, 6.07) is 0. The van der Waals surface area contributed by atoms with E-state index in [-0.39, 0.29) is 11.9 Å². The van der Waals surface area contributed by atoms with Crippen LogP contribution < -0.4 is 5.72 Å². The Labute approximate surface area is 159 Å². The highest BCUT2D eigenvalue weighted by Crippen LogP contribution is 2.37. The Morgan fingerprint density at radius 3 is 2.04 bits per heavy atom. The normalized spacial score (nSPS) is 11.7. The van der Waals surface area contributed by atoms with Crippen LogP contribution in [-0.2, 0) is 11.3 Å². The maximum Gasteiger partial charge on any atom is 0.327 e. The molecule has 7 heteroatoms. The molecule has 0 saturated carbocycles. The number of carbonyl (C=O) groups is 1. The first-order chi connectivity index (χ1) is 12.5. The molecular weight excluding hydrogens is 327 g/mol. The molecule has 0 aliphatic rings. The number of aliphatic carboxylic acids is 1. The molecule has 0 unspecified atom stereocenters. The summed E-state index contributed by atoms with van der Waals surface area (Å²) in [6.07, 6.45) is 15.0. The van der Waals surface area contributed by atoms with Crippen LogP contribution in [0.15, 0.2) is 0 Å². The minimum absolute atomic E-state index is 0.0511. The van der Waals surface area contributed by atoms with Crippen LogP contribution in [-0.4, -0.2) is 38.6 Å². The highest BCUT2D eigenvalue weighted by Gasteiger charge is 2.28. The summed E-state index contributed by atoms with van der Waals surface area (Å²) in [6.45, 7) is 6.51. The lowest BCUT2D eigenvalue weighted by Crippen LogP contribution is -2.31. The molecule has 0 amide bonds. The first-order valence-corrected chi connectivity index (χ1v) is 10.3. The van der Waals surface area contributed by atoms with Gasteiger partial charge in [0.1, 0.15) is 5.72 Å². The zero-order valence-corrected chi connectivity index (χ0v) is 16.9. The minimum Gasteiger partial charge on any atom is -0.480 e. The molecule has 147 valence electrons. The summed E-state index contributed by atoms with van der Waals surface area (Å²) < 4.78 is 0. The van der Waals surface area contributed by atoms with E-state index >= 15 is 0 Å². The van der Waals surface area contributed by atoms with Crippen LogP contribution in [0.2, 0.25) is 5.31 Å². The molecule has 6 nitrogen and oxygen atoms in total. The second-order valence-electron chi connectivity index (χ2n) is 7.70. The third-order valence-corrected chi connectivity index (χ3v) is 4.93. The van der Waals surface area contributed by atoms with Crippen LogP contribution in [0, 0.1) is 0 Å². The van der Waals surface area contributed by atoms with Crippen molar-refractivity contribution < 1.29 is 9.90 Å². The highest BCUT2D eigenvalue weighted by molar-refractivity contribution is 6.54. The Hall–Kier alpha value is -1.40. The summed E-state index contributed by atoms with van der Waals surface area (Å²) in [5.74, 6) is -0.955. The van der Waals surface area contributed by atoms with Gasteiger partial charge in [0.2, 0.25) is 7.28 Å². The number of nitrogens with zero attached hydrogens (tertiary/aromatic N) is 4. The monoisotopic (exact) mass is 363 g/mol. The fraction of sp³-hybridized carbons (Fsp3) is 0.895. The van der Waals surface area contributed by atoms with E-state index in [2.05, 4.69) is 43.5 Å². The molecule has 0 fully saturated rings. The number of unbranched alkanes of at least 4 members (excludes halogenated alkanes) is 8. The van der Waals surface area contributed by atoms with Crippen molar-refractivity contribution in [1.82, 2.24) is 20.2 Å². The van der Waals surface area contributed by atoms with Gasteiger partial charge in [0, 0.05) is 0 Å². The number of hydrogen-bond donors (Lipinski definition) is 1. The number of aromatic nitrogens is 4. The average molecular weight is 363 g/mol. The minimum atomic E-state index is -0.955. The first-order valence-electron chi connectivity index (χ1n) is 10.3. The van der Waals surface area contributed by atoms with Gasteiger partial charge in [-0.25, -0.2) is 0 Å². The fourth-order valence-electron chi connectivity index (χ4n) is 3.35. The van der Waals surface area contributed by atoms with E-state index < -0.39 is 5.97 Å². The van der Waals surface area contributed by atoms with Crippen molar-refractivity contribution in [2.45, 2.75) is 110 Å². The third kappa shape index (κ3) is 9.93. The van der Waals surface area contributed by atoms with Crippen molar-refractivity contribution in [2.75, 3.05) is 0 Å². The molecule has 0 bridgehead atoms. The van der Waals surface area contributed by atoms with Crippen LogP contribution >= 0.6 is 0 Å². The average Bonchev–Trinajstić information content (AvgIpc) is 3.00. The predicted octanol–water partition coefficient (Wildman–Crippen LogP) is 3.99. The quantitative estimate of drug-likeness (QED) is 0.355. The molecule has 1 aromatic rings. The van der Waals surface area contributed by atoms with Crippen LogP contribution in [0.3, 0.4) is 0 Å². The second-order valence-corrected chi connectivity index (χ2v) is 7.70. The molecule has 0 saturated heterocycles. The zero-order chi connectivity index (χ0) is 19.3. The van der Waals surface area contributed by atoms with E-state index in [9.17, 15) is 4.79 Å². The molecule has 1 radical (unpaired) electrons. The lowest BCUT2D eigenvalue weighted by molar-refractivity contribution is -0.138. The molecule has 0 aliphatic heterocycles. The van der Waals surface area contributed by atoms with Gasteiger partial charge in [-0.3, -0.25) is 4.79 Å². The summed E-state index contributed by atoms with van der Waals surface area (Å²) in [4.78, 5) is 11.9. The lowest BCUT2D eigenvalue weighted by Gasteiger charge is -2.28. The molecule has 1 N–H and O–H groups in total. The van der Waals surface area contributed by atoms with E-state index in [0.29, 0.717) is 5.72 Å². The van der Waals surface area contributed by atoms with E-state index in [4.69, 9.17) is 5.11 Å². The molecule has 0 aromatic carbocycles. The molecule has 1 rings (SSSR count). The Kier molecular flexibility index (Phi) is 11.2. The van der Waals surface area contributed by atoms with Crippen molar-refractivity contribution in [3.8, 4) is 0 Å². The van der Waals surface area contributed by atoms with Gasteiger partial charge in [-0.2, -0.15) is 4.80 Å². The first kappa shape index (κ1) is 22.6. The van der Waals surface area contributed by atoms with Gasteiger partial charge in [0.25, 0.3) is 0 Å². The molecule has 1 heterocycles. The Morgan fingerprint density at radius 2 is 1.54 bits per heavy atom. The number of carboxylic acids is 1. The van der Waals surface area contributed by atoms with Crippen molar-refractivity contribution >= 4 is 19.0 Å². The van der Waals surface area contributed by atoms with Gasteiger partial charge in [-0.15, -0.1) is 10.2 Å². The topological polar surface area (TPSA) is 80.9 Å². The van der Waals surface area contributed by atoms with Gasteiger partial charge < -0.3 is 5.11 Å². The molecule has 0 spiro atoms. The zero-order valence-electron chi connectivity index (χ0n) is 16.9. The highest BCUT2D eigenvalue weighted by atomic mass is 16.4. The van der Waals surface area contributed by atoms with Crippen molar-refractivity contribution in [3.05, 3.63) is 0 Å². The number of hydrogen-bond acceptors (Lipinski definition) is 4. The van der Waals surface area contributed by atoms with Gasteiger partial charge in [0.15, 0.2) is 6.54 Å². The van der Waals surface area contributed by atoms with Gasteiger partial charge in [0.05, 0.1) is 0 Å². The Bertz CT molecular complexity index is 493. The molecule has 0 atom stereocenters. The summed E-state index contributed by atoms with van der Waals surface area (Å²) >= 11 is 0. The second kappa shape index (κ2) is 12.9. The van der Waals surface area contributed by atoms with E-state index in [1.54, 1.807) is 0 Å². The Morgan fingerprint density at radius 1 is 1.00 bits per heavy atom. The largest absolute Gasteiger partial charge is 0.480 e. The molecule has 26 heavy (non-hydrogen) atoms. The van der Waals surface area contributed by atoms with Crippen molar-refractivity contribution in [3.63, 3.8) is 0 Å². The maximum atomic E-state index is 10.8. The predicted molar refractivity (Wildman–Crippen MR) is 106 cm³/mol.